The van der Waals surface area contributed by atoms with E-state index in [1.165, 1.54) is 0 Å². The monoisotopic (exact) mass is 234 g/mol. The molecule has 0 radical (unpaired) electrons. The zero-order valence-electron chi connectivity index (χ0n) is 11.2. The van der Waals surface area contributed by atoms with Gasteiger partial charge in [-0.2, -0.15) is 0 Å². The van der Waals surface area contributed by atoms with Crippen LogP contribution in [0.5, 0.6) is 0 Å². The maximum Gasteiger partial charge on any atom is 0.253 e. The summed E-state index contributed by atoms with van der Waals surface area (Å²) in [5, 5.41) is 0. The normalized spacial score (nSPS) is 10.1. The van der Waals surface area contributed by atoms with E-state index in [-0.39, 0.29) is 5.91 Å². The number of amides is 1. The molecule has 1 rings (SSSR count). The van der Waals surface area contributed by atoms with Gasteiger partial charge < -0.3 is 9.80 Å². The highest BCUT2D eigenvalue weighted by Gasteiger charge is 2.12. The SMILES string of the molecule is CCN(CC)C(=O)c1ccc(N(C)CC)cc1. The first-order chi connectivity index (χ1) is 8.13. The summed E-state index contributed by atoms with van der Waals surface area (Å²) in [6, 6.07) is 7.81. The maximum atomic E-state index is 12.1. The third kappa shape index (κ3) is 3.22. The van der Waals surface area contributed by atoms with Crippen molar-refractivity contribution in [2.24, 2.45) is 0 Å². The first-order valence-corrected chi connectivity index (χ1v) is 6.24. The highest BCUT2D eigenvalue weighted by Crippen LogP contribution is 2.14. The first kappa shape index (κ1) is 13.6. The van der Waals surface area contributed by atoms with Gasteiger partial charge in [-0.15, -0.1) is 0 Å². The van der Waals surface area contributed by atoms with Crippen molar-refractivity contribution in [1.29, 1.82) is 0 Å². The zero-order valence-corrected chi connectivity index (χ0v) is 11.2. The minimum absolute atomic E-state index is 0.112. The lowest BCUT2D eigenvalue weighted by molar-refractivity contribution is 0.0773. The Morgan fingerprint density at radius 3 is 1.94 bits per heavy atom. The highest BCUT2D eigenvalue weighted by atomic mass is 16.2. The Morgan fingerprint density at radius 2 is 1.53 bits per heavy atom. The molecule has 0 N–H and O–H groups in total. The van der Waals surface area contributed by atoms with Crippen LogP contribution in [-0.4, -0.2) is 37.5 Å². The fraction of sp³-hybridized carbons (Fsp3) is 0.500. The van der Waals surface area contributed by atoms with E-state index in [1.54, 1.807) is 0 Å². The van der Waals surface area contributed by atoms with Crippen LogP contribution in [0.4, 0.5) is 5.69 Å². The molecule has 0 unspecified atom stereocenters. The molecule has 0 heterocycles. The van der Waals surface area contributed by atoms with Gasteiger partial charge in [0.25, 0.3) is 5.91 Å². The number of anilines is 1. The molecule has 0 saturated heterocycles. The van der Waals surface area contributed by atoms with Crippen LogP contribution in [0.2, 0.25) is 0 Å². The van der Waals surface area contributed by atoms with Crippen molar-refractivity contribution in [3.05, 3.63) is 29.8 Å². The Morgan fingerprint density at radius 1 is 1.00 bits per heavy atom. The third-order valence-electron chi connectivity index (χ3n) is 3.08. The van der Waals surface area contributed by atoms with Crippen LogP contribution in [0.3, 0.4) is 0 Å². The number of hydrogen-bond acceptors (Lipinski definition) is 2. The predicted molar refractivity (Wildman–Crippen MR) is 72.6 cm³/mol. The molecule has 1 aromatic rings. The smallest absolute Gasteiger partial charge is 0.253 e. The van der Waals surface area contributed by atoms with E-state index < -0.39 is 0 Å². The summed E-state index contributed by atoms with van der Waals surface area (Å²) in [6.45, 7) is 8.58. The van der Waals surface area contributed by atoms with Crippen LogP contribution >= 0.6 is 0 Å². The largest absolute Gasteiger partial charge is 0.375 e. The lowest BCUT2D eigenvalue weighted by atomic mass is 10.1. The number of carbonyl (C=O) groups is 1. The molecule has 3 heteroatoms. The van der Waals surface area contributed by atoms with Gasteiger partial charge in [-0.05, 0) is 45.0 Å². The van der Waals surface area contributed by atoms with Crippen molar-refractivity contribution in [1.82, 2.24) is 4.90 Å². The van der Waals surface area contributed by atoms with Gasteiger partial charge in [0.15, 0.2) is 0 Å². The average molecular weight is 234 g/mol. The summed E-state index contributed by atoms with van der Waals surface area (Å²) in [5.74, 6) is 0.112. The third-order valence-corrected chi connectivity index (χ3v) is 3.08. The molecule has 94 valence electrons. The summed E-state index contributed by atoms with van der Waals surface area (Å²) in [4.78, 5) is 16.0. The molecule has 0 aromatic heterocycles. The van der Waals surface area contributed by atoms with Crippen LogP contribution < -0.4 is 4.90 Å². The van der Waals surface area contributed by atoms with E-state index in [1.807, 2.05) is 50.1 Å². The molecule has 0 atom stereocenters. The van der Waals surface area contributed by atoms with Crippen molar-refractivity contribution in [2.75, 3.05) is 31.6 Å². The van der Waals surface area contributed by atoms with Gasteiger partial charge in [0.1, 0.15) is 0 Å². The fourth-order valence-electron chi connectivity index (χ4n) is 1.73. The molecular formula is C14H22N2O. The molecule has 0 spiro atoms. The number of hydrogen-bond donors (Lipinski definition) is 0. The fourth-order valence-corrected chi connectivity index (χ4v) is 1.73. The summed E-state index contributed by atoms with van der Waals surface area (Å²) in [7, 11) is 2.04. The van der Waals surface area contributed by atoms with Crippen molar-refractivity contribution in [2.45, 2.75) is 20.8 Å². The Bertz CT molecular complexity index is 355. The molecule has 0 aliphatic heterocycles. The Hall–Kier alpha value is -1.51. The second-order valence-electron chi connectivity index (χ2n) is 4.04. The van der Waals surface area contributed by atoms with Crippen molar-refractivity contribution >= 4 is 11.6 Å². The van der Waals surface area contributed by atoms with Gasteiger partial charge in [0.2, 0.25) is 0 Å². The standard InChI is InChI=1S/C14H22N2O/c1-5-15(4)13-10-8-12(9-11-13)14(17)16(6-2)7-3/h8-11H,5-7H2,1-4H3. The van der Waals surface area contributed by atoms with Crippen LogP contribution in [0.15, 0.2) is 24.3 Å². The second kappa shape index (κ2) is 6.28. The summed E-state index contributed by atoms with van der Waals surface area (Å²) in [5.41, 5.74) is 1.91. The van der Waals surface area contributed by atoms with Gasteiger partial charge in [0.05, 0.1) is 0 Å². The van der Waals surface area contributed by atoms with E-state index in [0.29, 0.717) is 0 Å². The molecule has 17 heavy (non-hydrogen) atoms. The minimum atomic E-state index is 0.112. The maximum absolute atomic E-state index is 12.1. The Kier molecular flexibility index (Phi) is 5.01. The van der Waals surface area contributed by atoms with E-state index in [9.17, 15) is 4.79 Å². The van der Waals surface area contributed by atoms with Gasteiger partial charge in [-0.25, -0.2) is 0 Å². The quantitative estimate of drug-likeness (QED) is 0.782. The van der Waals surface area contributed by atoms with E-state index in [0.717, 1.165) is 30.9 Å². The van der Waals surface area contributed by atoms with Crippen molar-refractivity contribution in [3.8, 4) is 0 Å². The molecule has 1 amide bonds. The molecule has 0 saturated carbocycles. The Balaban J connectivity index is 2.83. The van der Waals surface area contributed by atoms with Crippen LogP contribution in [0.25, 0.3) is 0 Å². The summed E-state index contributed by atoms with van der Waals surface area (Å²) < 4.78 is 0. The summed E-state index contributed by atoms with van der Waals surface area (Å²) in [6.07, 6.45) is 0. The Labute approximate surface area is 104 Å². The minimum Gasteiger partial charge on any atom is -0.375 e. The summed E-state index contributed by atoms with van der Waals surface area (Å²) >= 11 is 0. The molecule has 1 aromatic carbocycles. The van der Waals surface area contributed by atoms with Crippen LogP contribution in [0, 0.1) is 0 Å². The first-order valence-electron chi connectivity index (χ1n) is 6.24. The van der Waals surface area contributed by atoms with Gasteiger partial charge in [0, 0.05) is 37.9 Å². The number of nitrogens with zero attached hydrogens (tertiary/aromatic N) is 2. The molecule has 0 aliphatic rings. The lowest BCUT2D eigenvalue weighted by Gasteiger charge is -2.20. The topological polar surface area (TPSA) is 23.6 Å². The second-order valence-corrected chi connectivity index (χ2v) is 4.04. The highest BCUT2D eigenvalue weighted by molar-refractivity contribution is 5.94. The molecule has 0 bridgehead atoms. The van der Waals surface area contributed by atoms with Crippen molar-refractivity contribution in [3.63, 3.8) is 0 Å². The molecular weight excluding hydrogens is 212 g/mol. The number of carbonyl (C=O) groups excluding carboxylic acids is 1. The molecule has 0 fully saturated rings. The number of rotatable bonds is 5. The zero-order chi connectivity index (χ0) is 12.8. The van der Waals surface area contributed by atoms with Crippen molar-refractivity contribution < 1.29 is 4.79 Å². The predicted octanol–water partition coefficient (Wildman–Crippen LogP) is 2.62. The van der Waals surface area contributed by atoms with Gasteiger partial charge in [-0.3, -0.25) is 4.79 Å². The molecule has 3 nitrogen and oxygen atoms in total. The van der Waals surface area contributed by atoms with Gasteiger partial charge >= 0.3 is 0 Å². The average Bonchev–Trinajstić information content (AvgIpc) is 2.39. The lowest BCUT2D eigenvalue weighted by Crippen LogP contribution is -2.30. The van der Waals surface area contributed by atoms with E-state index >= 15 is 0 Å². The van der Waals surface area contributed by atoms with E-state index in [4.69, 9.17) is 0 Å². The van der Waals surface area contributed by atoms with Gasteiger partial charge in [-0.1, -0.05) is 0 Å². The van der Waals surface area contributed by atoms with Crippen LogP contribution in [0.1, 0.15) is 31.1 Å². The molecule has 0 aliphatic carbocycles. The number of benzene rings is 1. The van der Waals surface area contributed by atoms with E-state index in [2.05, 4.69) is 11.8 Å². The van der Waals surface area contributed by atoms with Crippen LogP contribution in [-0.2, 0) is 0 Å².